The van der Waals surface area contributed by atoms with E-state index in [1.165, 1.54) is 36.4 Å². The number of rotatable bonds is 6. The molecule has 0 radical (unpaired) electrons. The molecule has 1 N–H and O–H groups in total. The average molecular weight is 517 g/mol. The summed E-state index contributed by atoms with van der Waals surface area (Å²) in [6, 6.07) is 14.9. The number of nitrogens with zero attached hydrogens (tertiary/aromatic N) is 1. The Bertz CT molecular complexity index is 1280. The van der Waals surface area contributed by atoms with Gasteiger partial charge < -0.3 is 5.32 Å². The Balaban J connectivity index is 1.98. The van der Waals surface area contributed by atoms with E-state index in [1.807, 2.05) is 0 Å². The summed E-state index contributed by atoms with van der Waals surface area (Å²) in [4.78, 5) is 12.7. The SMILES string of the molecule is Cc1ccc(Cl)cc1N(CC(=O)Nc1ccc(Cl)c(C(F)(F)F)c1)S(=O)(=O)c1ccccc1. The second-order valence-corrected chi connectivity index (χ2v) is 9.70. The quantitative estimate of drug-likeness (QED) is 0.426. The molecule has 174 valence electrons. The van der Waals surface area contributed by atoms with Gasteiger partial charge >= 0.3 is 6.18 Å². The molecule has 0 atom stereocenters. The number of halogens is 5. The number of alkyl halides is 3. The van der Waals surface area contributed by atoms with Gasteiger partial charge in [-0.1, -0.05) is 47.5 Å². The fourth-order valence-corrected chi connectivity index (χ4v) is 4.91. The minimum Gasteiger partial charge on any atom is -0.324 e. The Labute approximate surface area is 198 Å². The number of sulfonamides is 1. The topological polar surface area (TPSA) is 66.5 Å². The van der Waals surface area contributed by atoms with E-state index >= 15 is 0 Å². The number of hydrogen-bond acceptors (Lipinski definition) is 3. The highest BCUT2D eigenvalue weighted by molar-refractivity contribution is 7.92. The number of amides is 1. The van der Waals surface area contributed by atoms with Crippen LogP contribution in [0.5, 0.6) is 0 Å². The van der Waals surface area contributed by atoms with Gasteiger partial charge in [0, 0.05) is 10.7 Å². The number of benzene rings is 3. The number of carbonyl (C=O) groups excluding carboxylic acids is 1. The predicted molar refractivity (Wildman–Crippen MR) is 122 cm³/mol. The molecule has 0 saturated carbocycles. The third-order valence-corrected chi connectivity index (χ3v) is 6.95. The molecule has 11 heteroatoms. The van der Waals surface area contributed by atoms with Crippen LogP contribution in [-0.4, -0.2) is 20.9 Å². The minimum atomic E-state index is -4.72. The van der Waals surface area contributed by atoms with Gasteiger partial charge in [0.25, 0.3) is 10.0 Å². The summed E-state index contributed by atoms with van der Waals surface area (Å²) < 4.78 is 66.9. The van der Waals surface area contributed by atoms with Gasteiger partial charge in [-0.2, -0.15) is 13.2 Å². The Morgan fingerprint density at radius 1 is 1.00 bits per heavy atom. The maximum absolute atomic E-state index is 13.4. The normalized spacial score (nSPS) is 11.8. The van der Waals surface area contributed by atoms with Crippen molar-refractivity contribution in [2.24, 2.45) is 0 Å². The zero-order chi connectivity index (χ0) is 24.4. The first kappa shape index (κ1) is 24.9. The van der Waals surface area contributed by atoms with Crippen molar-refractivity contribution in [1.82, 2.24) is 0 Å². The van der Waals surface area contributed by atoms with Crippen LogP contribution in [0.3, 0.4) is 0 Å². The lowest BCUT2D eigenvalue weighted by molar-refractivity contribution is -0.137. The van der Waals surface area contributed by atoms with Crippen LogP contribution in [0.25, 0.3) is 0 Å². The summed E-state index contributed by atoms with van der Waals surface area (Å²) in [5.74, 6) is -0.857. The lowest BCUT2D eigenvalue weighted by atomic mass is 10.2. The van der Waals surface area contributed by atoms with Crippen LogP contribution in [0, 0.1) is 6.92 Å². The molecule has 0 aliphatic rings. The standard InChI is InChI=1S/C22H17Cl2F3N2O3S/c1-14-7-8-15(23)11-20(14)29(33(31,32)17-5-3-2-4-6-17)13-21(30)28-16-9-10-19(24)18(12-16)22(25,26)27/h2-12H,13H2,1H3,(H,28,30). The molecule has 3 aromatic rings. The molecule has 0 heterocycles. The summed E-state index contributed by atoms with van der Waals surface area (Å²) in [6.45, 7) is 0.939. The molecule has 0 spiro atoms. The molecule has 0 aromatic heterocycles. The van der Waals surface area contributed by atoms with Crippen molar-refractivity contribution in [1.29, 1.82) is 0 Å². The summed E-state index contributed by atoms with van der Waals surface area (Å²) in [5, 5.41) is 2.03. The highest BCUT2D eigenvalue weighted by Gasteiger charge is 2.34. The van der Waals surface area contributed by atoms with Crippen LogP contribution in [-0.2, 0) is 21.0 Å². The monoisotopic (exact) mass is 516 g/mol. The van der Waals surface area contributed by atoms with Crippen molar-refractivity contribution < 1.29 is 26.4 Å². The van der Waals surface area contributed by atoms with Gasteiger partial charge in [-0.25, -0.2) is 8.42 Å². The Morgan fingerprint density at radius 3 is 2.30 bits per heavy atom. The van der Waals surface area contributed by atoms with Crippen LogP contribution in [0.2, 0.25) is 10.0 Å². The summed E-state index contributed by atoms with van der Waals surface area (Å²) >= 11 is 11.7. The molecule has 1 amide bonds. The first-order valence-electron chi connectivity index (χ1n) is 9.40. The van der Waals surface area contributed by atoms with E-state index in [9.17, 15) is 26.4 Å². The van der Waals surface area contributed by atoms with Crippen molar-refractivity contribution in [3.8, 4) is 0 Å². The van der Waals surface area contributed by atoms with E-state index < -0.39 is 39.2 Å². The molecule has 3 rings (SSSR count). The molecule has 0 saturated heterocycles. The molecule has 3 aromatic carbocycles. The summed E-state index contributed by atoms with van der Waals surface area (Å²) in [7, 11) is -4.21. The first-order valence-corrected chi connectivity index (χ1v) is 11.6. The second kappa shape index (κ2) is 9.62. The van der Waals surface area contributed by atoms with Gasteiger partial charge in [-0.3, -0.25) is 9.10 Å². The maximum atomic E-state index is 13.4. The van der Waals surface area contributed by atoms with Crippen LogP contribution >= 0.6 is 23.2 Å². The molecule has 0 aliphatic carbocycles. The molecule has 0 bridgehead atoms. The molecular weight excluding hydrogens is 500 g/mol. The van der Waals surface area contributed by atoms with Crippen molar-refractivity contribution in [2.75, 3.05) is 16.2 Å². The van der Waals surface area contributed by atoms with Crippen molar-refractivity contribution >= 4 is 50.5 Å². The van der Waals surface area contributed by atoms with Gasteiger partial charge in [-0.05, 0) is 55.0 Å². The van der Waals surface area contributed by atoms with E-state index in [4.69, 9.17) is 23.2 Å². The van der Waals surface area contributed by atoms with E-state index in [2.05, 4.69) is 5.32 Å². The largest absolute Gasteiger partial charge is 0.417 e. The smallest absolute Gasteiger partial charge is 0.324 e. The van der Waals surface area contributed by atoms with E-state index in [-0.39, 0.29) is 21.3 Å². The third kappa shape index (κ3) is 5.79. The maximum Gasteiger partial charge on any atom is 0.417 e. The fraction of sp³-hybridized carbons (Fsp3) is 0.136. The van der Waals surface area contributed by atoms with E-state index in [0.29, 0.717) is 11.6 Å². The first-order chi connectivity index (χ1) is 15.4. The highest BCUT2D eigenvalue weighted by atomic mass is 35.5. The van der Waals surface area contributed by atoms with Crippen molar-refractivity contribution in [3.05, 3.63) is 87.9 Å². The summed E-state index contributed by atoms with van der Waals surface area (Å²) in [6.07, 6.45) is -4.72. The third-order valence-electron chi connectivity index (χ3n) is 4.61. The Morgan fingerprint density at radius 2 is 1.67 bits per heavy atom. The molecular formula is C22H17Cl2F3N2O3S. The molecule has 0 fully saturated rings. The average Bonchev–Trinajstić information content (AvgIpc) is 2.75. The van der Waals surface area contributed by atoms with Crippen LogP contribution in [0.4, 0.5) is 24.5 Å². The predicted octanol–water partition coefficient (Wildman–Crippen LogP) is 6.15. The number of anilines is 2. The lowest BCUT2D eigenvalue weighted by Gasteiger charge is -2.26. The number of hydrogen-bond donors (Lipinski definition) is 1. The van der Waals surface area contributed by atoms with E-state index in [1.54, 1.807) is 25.1 Å². The van der Waals surface area contributed by atoms with Gasteiger partial charge in [0.15, 0.2) is 0 Å². The van der Waals surface area contributed by atoms with Gasteiger partial charge in [0.2, 0.25) is 5.91 Å². The second-order valence-electron chi connectivity index (χ2n) is 7.00. The molecule has 0 unspecified atom stereocenters. The molecule has 0 aliphatic heterocycles. The lowest BCUT2D eigenvalue weighted by Crippen LogP contribution is -2.38. The fourth-order valence-electron chi connectivity index (χ4n) is 3.02. The Kier molecular flexibility index (Phi) is 7.26. The van der Waals surface area contributed by atoms with Crippen LogP contribution in [0.1, 0.15) is 11.1 Å². The molecule has 5 nitrogen and oxygen atoms in total. The van der Waals surface area contributed by atoms with Gasteiger partial charge in [-0.15, -0.1) is 0 Å². The van der Waals surface area contributed by atoms with Gasteiger partial charge in [0.1, 0.15) is 6.54 Å². The van der Waals surface area contributed by atoms with Crippen molar-refractivity contribution in [3.63, 3.8) is 0 Å². The molecule has 33 heavy (non-hydrogen) atoms. The highest BCUT2D eigenvalue weighted by Crippen LogP contribution is 2.36. The number of aryl methyl sites for hydroxylation is 1. The van der Waals surface area contributed by atoms with E-state index in [0.717, 1.165) is 10.4 Å². The summed E-state index contributed by atoms with van der Waals surface area (Å²) in [5.41, 5.74) is -0.621. The zero-order valence-electron chi connectivity index (χ0n) is 17.0. The van der Waals surface area contributed by atoms with Gasteiger partial charge in [0.05, 0.1) is 21.2 Å². The van der Waals surface area contributed by atoms with Crippen LogP contribution < -0.4 is 9.62 Å². The Hall–Kier alpha value is -2.75. The number of carbonyl (C=O) groups is 1. The zero-order valence-corrected chi connectivity index (χ0v) is 19.4. The van der Waals surface area contributed by atoms with Crippen LogP contribution in [0.15, 0.2) is 71.6 Å². The number of nitrogens with one attached hydrogen (secondary N) is 1. The van der Waals surface area contributed by atoms with Crippen molar-refractivity contribution in [2.45, 2.75) is 18.0 Å². The minimum absolute atomic E-state index is 0.0666.